The van der Waals surface area contributed by atoms with Gasteiger partial charge in [0, 0.05) is 25.4 Å². The summed E-state index contributed by atoms with van der Waals surface area (Å²) in [4.78, 5) is 46.6. The summed E-state index contributed by atoms with van der Waals surface area (Å²) in [5.41, 5.74) is 1.98. The van der Waals surface area contributed by atoms with Crippen molar-refractivity contribution in [2.75, 3.05) is 39.3 Å². The number of rotatable bonds is 29. The number of benzene rings is 3. The summed E-state index contributed by atoms with van der Waals surface area (Å²) < 4.78 is 54.5. The summed E-state index contributed by atoms with van der Waals surface area (Å²) in [6.45, 7) is 15.6. The van der Waals surface area contributed by atoms with Gasteiger partial charge in [-0.1, -0.05) is 175 Å². The normalized spacial score (nSPS) is 13.7. The van der Waals surface area contributed by atoms with E-state index in [2.05, 4.69) is 65.9 Å². The minimum atomic E-state index is -4.25. The van der Waals surface area contributed by atoms with Crippen molar-refractivity contribution in [3.63, 3.8) is 0 Å². The van der Waals surface area contributed by atoms with Crippen molar-refractivity contribution in [1.29, 1.82) is 0 Å². The molecule has 0 fully saturated rings. The molecule has 1 atom stereocenters. The molecule has 394 valence electrons. The molecule has 1 aliphatic rings. The van der Waals surface area contributed by atoms with Crippen molar-refractivity contribution in [3.8, 4) is 11.5 Å². The number of aromatic nitrogens is 1. The highest BCUT2D eigenvalue weighted by Gasteiger charge is 2.42. The fraction of sp³-hybridized carbons (Fsp3) is 0.552. The number of amidine groups is 1. The van der Waals surface area contributed by atoms with E-state index in [0.717, 1.165) is 37.0 Å². The number of carbonyl (C=O) groups excluding carboxylic acids is 3. The molecule has 1 aromatic heterocycles. The summed E-state index contributed by atoms with van der Waals surface area (Å²) >= 11 is 0. The Labute approximate surface area is 430 Å². The number of para-hydroxylation sites is 1. The molecular weight excluding hydrogens is 929 g/mol. The van der Waals surface area contributed by atoms with Crippen LogP contribution in [0.3, 0.4) is 0 Å². The molecule has 2 heterocycles. The number of unbranched alkanes of at least 4 members (excludes halogenated alkanes) is 15. The van der Waals surface area contributed by atoms with Crippen molar-refractivity contribution in [2.45, 2.75) is 179 Å². The zero-order valence-electron chi connectivity index (χ0n) is 44.6. The Morgan fingerprint density at radius 3 is 1.65 bits per heavy atom. The van der Waals surface area contributed by atoms with Gasteiger partial charge in [0.15, 0.2) is 11.9 Å². The van der Waals surface area contributed by atoms with E-state index in [-0.39, 0.29) is 51.5 Å². The second-order valence-corrected chi connectivity index (χ2v) is 22.8. The number of anilines is 1. The van der Waals surface area contributed by atoms with Gasteiger partial charge in [-0.25, -0.2) is 23.0 Å². The molecule has 1 N–H and O–H groups in total. The first kappa shape index (κ1) is 57.3. The van der Waals surface area contributed by atoms with E-state index in [0.29, 0.717) is 30.9 Å². The van der Waals surface area contributed by atoms with Crippen LogP contribution in [0.4, 0.5) is 11.4 Å². The van der Waals surface area contributed by atoms with E-state index < -0.39 is 33.9 Å². The number of methoxy groups -OCH3 is 2. The van der Waals surface area contributed by atoms with Crippen LogP contribution in [-0.4, -0.2) is 74.9 Å². The number of nitrogens with zero attached hydrogens (tertiary/aromatic N) is 3. The van der Waals surface area contributed by atoms with E-state index in [1.807, 2.05) is 24.3 Å². The Kier molecular flexibility index (Phi) is 21.8. The number of nitrogens with one attached hydrogen (secondary N) is 1. The van der Waals surface area contributed by atoms with Crippen molar-refractivity contribution in [2.24, 2.45) is 4.99 Å². The molecule has 0 saturated heterocycles. The number of carbonyl (C=O) groups is 3. The summed E-state index contributed by atoms with van der Waals surface area (Å²) in [6.07, 6.45) is 21.8. The van der Waals surface area contributed by atoms with Gasteiger partial charge in [0.05, 0.1) is 49.9 Å². The topological polar surface area (TPSA) is 155 Å². The fourth-order valence-electron chi connectivity index (χ4n) is 8.88. The monoisotopic (exact) mass is 1010 g/mol. The molecule has 5 rings (SSSR count). The van der Waals surface area contributed by atoms with Crippen LogP contribution < -0.4 is 14.8 Å². The average Bonchev–Trinajstić information content (AvgIpc) is 3.79. The van der Waals surface area contributed by atoms with Crippen LogP contribution >= 0.6 is 0 Å². The lowest BCUT2D eigenvalue weighted by Gasteiger charge is -2.34. The molecule has 13 nitrogen and oxygen atoms in total. The lowest BCUT2D eigenvalue weighted by Crippen LogP contribution is -2.47. The second kappa shape index (κ2) is 27.4. The van der Waals surface area contributed by atoms with Gasteiger partial charge in [-0.3, -0.25) is 9.10 Å². The summed E-state index contributed by atoms with van der Waals surface area (Å²) in [7, 11) is -1.89. The maximum absolute atomic E-state index is 15.3. The summed E-state index contributed by atoms with van der Waals surface area (Å²) in [5, 5.41) is 3.06. The lowest BCUT2D eigenvalue weighted by atomic mass is 9.87. The van der Waals surface area contributed by atoms with E-state index in [1.54, 1.807) is 24.3 Å². The Hall–Kier alpha value is -5.63. The van der Waals surface area contributed by atoms with Crippen LogP contribution in [-0.2, 0) is 35.1 Å². The highest BCUT2D eigenvalue weighted by atomic mass is 32.2. The highest BCUT2D eigenvalue weighted by Crippen LogP contribution is 2.38. The first-order valence-corrected chi connectivity index (χ1v) is 27.7. The van der Waals surface area contributed by atoms with Crippen LogP contribution in [0.15, 0.2) is 89.0 Å². The molecular formula is C58H82N4O9S. The minimum Gasteiger partial charge on any atom is -0.493 e. The van der Waals surface area contributed by atoms with Gasteiger partial charge >= 0.3 is 11.9 Å². The SMILES string of the molecule is CCCCCCCCCCCCCCCCCCN1C(C(C(=O)Nc2cc(C(C)(C)C)ccc2OCCCOc2ccc(C(C)(C)C)cc2)n2cc(C(=O)OC)c(C(=O)OC)c2)=Nc2ccccc2S1(=O)=O. The molecule has 0 spiro atoms. The van der Waals surface area contributed by atoms with Crippen molar-refractivity contribution in [3.05, 3.63) is 101 Å². The number of amides is 1. The largest absolute Gasteiger partial charge is 0.493 e. The predicted molar refractivity (Wildman–Crippen MR) is 288 cm³/mol. The van der Waals surface area contributed by atoms with Crippen molar-refractivity contribution < 1.29 is 41.7 Å². The highest BCUT2D eigenvalue weighted by molar-refractivity contribution is 7.90. The first-order chi connectivity index (χ1) is 34.4. The number of hydrogen-bond acceptors (Lipinski definition) is 10. The quantitative estimate of drug-likeness (QED) is 0.0413. The predicted octanol–water partition coefficient (Wildman–Crippen LogP) is 13.7. The van der Waals surface area contributed by atoms with Crippen LogP contribution in [0.5, 0.6) is 11.5 Å². The smallest absolute Gasteiger partial charge is 0.340 e. The summed E-state index contributed by atoms with van der Waals surface area (Å²) in [5.74, 6) is -1.34. The number of sulfonamides is 1. The van der Waals surface area contributed by atoms with Crippen LogP contribution in [0, 0.1) is 0 Å². The van der Waals surface area contributed by atoms with Gasteiger partial charge in [0.25, 0.3) is 15.9 Å². The fourth-order valence-corrected chi connectivity index (χ4v) is 10.5. The van der Waals surface area contributed by atoms with Gasteiger partial charge < -0.3 is 28.8 Å². The van der Waals surface area contributed by atoms with E-state index in [1.165, 1.54) is 118 Å². The van der Waals surface area contributed by atoms with Gasteiger partial charge in [-0.05, 0) is 64.8 Å². The number of hydrogen-bond donors (Lipinski definition) is 1. The third-order valence-corrected chi connectivity index (χ3v) is 15.1. The standard InChI is InChI=1S/C58H82N4O9S/c1-10-11-12-13-14-15-16-17-18-19-20-21-22-23-24-27-37-62-53(59-48-29-25-26-30-51(48)72(62,66)67)52(61-41-46(55(64)68-8)47(42-61)56(65)69-9)54(63)60-49-40-44(58(5,6)7)33-36-50(49)71-39-28-38-70-45-34-31-43(32-35-45)57(2,3)4/h25-26,29-36,40-42,52H,10-24,27-28,37-39H2,1-9H3,(H,60,63). The maximum atomic E-state index is 15.3. The third kappa shape index (κ3) is 16.2. The van der Waals surface area contributed by atoms with Gasteiger partial charge in [0.2, 0.25) is 0 Å². The molecule has 3 aromatic carbocycles. The Morgan fingerprint density at radius 2 is 1.12 bits per heavy atom. The first-order valence-electron chi connectivity index (χ1n) is 26.3. The third-order valence-electron chi connectivity index (χ3n) is 13.2. The molecule has 1 aliphatic heterocycles. The number of aliphatic imine (C=N–C) groups is 1. The Morgan fingerprint density at radius 1 is 0.625 bits per heavy atom. The summed E-state index contributed by atoms with van der Waals surface area (Å²) in [6, 6.07) is 18.6. The zero-order valence-corrected chi connectivity index (χ0v) is 45.5. The molecule has 0 aliphatic carbocycles. The van der Waals surface area contributed by atoms with E-state index in [4.69, 9.17) is 23.9 Å². The van der Waals surface area contributed by atoms with Gasteiger partial charge in [-0.15, -0.1) is 0 Å². The molecule has 1 amide bonds. The van der Waals surface area contributed by atoms with Crippen LogP contribution in [0.2, 0.25) is 0 Å². The molecule has 4 aromatic rings. The Balaban J connectivity index is 1.39. The number of esters is 2. The molecule has 0 bridgehead atoms. The van der Waals surface area contributed by atoms with Crippen molar-refractivity contribution in [1.82, 2.24) is 8.87 Å². The minimum absolute atomic E-state index is 0.0156. The number of fused-ring (bicyclic) bond motifs is 1. The van der Waals surface area contributed by atoms with E-state index >= 15 is 4.79 Å². The van der Waals surface area contributed by atoms with E-state index in [9.17, 15) is 18.0 Å². The molecule has 0 saturated carbocycles. The van der Waals surface area contributed by atoms with Crippen LogP contribution in [0.25, 0.3) is 0 Å². The average molecular weight is 1010 g/mol. The molecule has 14 heteroatoms. The Bertz CT molecular complexity index is 2490. The van der Waals surface area contributed by atoms with Gasteiger partial charge in [0.1, 0.15) is 16.4 Å². The molecule has 72 heavy (non-hydrogen) atoms. The van der Waals surface area contributed by atoms with Crippen LogP contribution in [0.1, 0.15) is 196 Å². The lowest BCUT2D eigenvalue weighted by molar-refractivity contribution is -0.117. The van der Waals surface area contributed by atoms with Crippen molar-refractivity contribution >= 4 is 45.1 Å². The zero-order chi connectivity index (χ0) is 52.3. The second-order valence-electron chi connectivity index (χ2n) is 21.0. The number of ether oxygens (including phenoxy) is 4. The maximum Gasteiger partial charge on any atom is 0.340 e. The molecule has 0 radical (unpaired) electrons. The van der Waals surface area contributed by atoms with Gasteiger partial charge in [-0.2, -0.15) is 0 Å². The molecule has 1 unspecified atom stereocenters.